The van der Waals surface area contributed by atoms with Crippen LogP contribution < -0.4 is 0 Å². The van der Waals surface area contributed by atoms with Gasteiger partial charge >= 0.3 is 0 Å². The minimum atomic E-state index is -0.0833. The monoisotopic (exact) mass is 240 g/mol. The van der Waals surface area contributed by atoms with Gasteiger partial charge in [0.15, 0.2) is 0 Å². The standard InChI is InChI=1S/C14H28N2O/c1-15-9-7-12(8-10-15)11-16(2)13-5-3-4-6-14(13)17/h12-14,17H,3-11H2,1-2H3/t13-,14-/m1/s1. The molecule has 1 aliphatic carbocycles. The molecule has 0 aromatic heterocycles. The van der Waals surface area contributed by atoms with Crippen molar-refractivity contribution in [2.75, 3.05) is 33.7 Å². The summed E-state index contributed by atoms with van der Waals surface area (Å²) in [5.41, 5.74) is 0. The number of rotatable bonds is 3. The van der Waals surface area contributed by atoms with Gasteiger partial charge in [0.1, 0.15) is 0 Å². The van der Waals surface area contributed by atoms with Gasteiger partial charge in [0.2, 0.25) is 0 Å². The van der Waals surface area contributed by atoms with Gasteiger partial charge in [-0.25, -0.2) is 0 Å². The Kier molecular flexibility index (Phi) is 4.83. The van der Waals surface area contributed by atoms with E-state index in [2.05, 4.69) is 23.9 Å². The van der Waals surface area contributed by atoms with E-state index in [-0.39, 0.29) is 6.10 Å². The summed E-state index contributed by atoms with van der Waals surface area (Å²) in [5.74, 6) is 0.838. The van der Waals surface area contributed by atoms with Crippen LogP contribution in [-0.2, 0) is 0 Å². The smallest absolute Gasteiger partial charge is 0.0695 e. The molecule has 100 valence electrons. The second kappa shape index (κ2) is 6.17. The molecule has 1 aliphatic heterocycles. The molecule has 0 aromatic carbocycles. The molecular formula is C14H28N2O. The first-order valence-corrected chi connectivity index (χ1v) is 7.23. The molecule has 3 nitrogen and oxygen atoms in total. The predicted molar refractivity (Wildman–Crippen MR) is 71.1 cm³/mol. The highest BCUT2D eigenvalue weighted by Crippen LogP contribution is 2.25. The number of hydrogen-bond donors (Lipinski definition) is 1. The molecule has 2 fully saturated rings. The van der Waals surface area contributed by atoms with Crippen molar-refractivity contribution in [2.45, 2.75) is 50.7 Å². The zero-order valence-corrected chi connectivity index (χ0v) is 11.4. The third kappa shape index (κ3) is 3.67. The third-order valence-electron chi connectivity index (χ3n) is 4.64. The average Bonchev–Trinajstić information content (AvgIpc) is 2.32. The van der Waals surface area contributed by atoms with Crippen LogP contribution in [0.3, 0.4) is 0 Å². The Labute approximate surface area is 106 Å². The number of piperidine rings is 1. The normalized spacial score (nSPS) is 33.2. The molecule has 2 atom stereocenters. The zero-order valence-electron chi connectivity index (χ0n) is 11.4. The SMILES string of the molecule is CN1CCC(CN(C)[C@@H]2CCCC[C@H]2O)CC1. The molecule has 3 heteroatoms. The molecule has 1 saturated heterocycles. The van der Waals surface area contributed by atoms with E-state index in [1.807, 2.05) is 0 Å². The van der Waals surface area contributed by atoms with Crippen LogP contribution >= 0.6 is 0 Å². The fourth-order valence-corrected chi connectivity index (χ4v) is 3.39. The average molecular weight is 240 g/mol. The van der Waals surface area contributed by atoms with E-state index in [1.54, 1.807) is 0 Å². The van der Waals surface area contributed by atoms with Crippen LogP contribution in [0, 0.1) is 5.92 Å². The number of aliphatic hydroxyl groups is 1. The predicted octanol–water partition coefficient (Wildman–Crippen LogP) is 1.56. The van der Waals surface area contributed by atoms with Crippen molar-refractivity contribution in [3.63, 3.8) is 0 Å². The van der Waals surface area contributed by atoms with E-state index in [0.29, 0.717) is 6.04 Å². The lowest BCUT2D eigenvalue weighted by Gasteiger charge is -2.38. The Bertz CT molecular complexity index is 226. The second-order valence-corrected chi connectivity index (χ2v) is 6.11. The Morgan fingerprint density at radius 3 is 2.41 bits per heavy atom. The summed E-state index contributed by atoms with van der Waals surface area (Å²) in [6.45, 7) is 3.66. The molecule has 1 N–H and O–H groups in total. The van der Waals surface area contributed by atoms with Crippen LogP contribution in [0.4, 0.5) is 0 Å². The minimum absolute atomic E-state index is 0.0833. The van der Waals surface area contributed by atoms with Gasteiger partial charge < -0.3 is 14.9 Å². The van der Waals surface area contributed by atoms with E-state index in [1.165, 1.54) is 51.7 Å². The number of likely N-dealkylation sites (tertiary alicyclic amines) is 1. The topological polar surface area (TPSA) is 26.7 Å². The van der Waals surface area contributed by atoms with Crippen molar-refractivity contribution < 1.29 is 5.11 Å². The lowest BCUT2D eigenvalue weighted by Crippen LogP contribution is -2.46. The van der Waals surface area contributed by atoms with Gasteiger partial charge in [-0.3, -0.25) is 0 Å². The minimum Gasteiger partial charge on any atom is -0.391 e. The summed E-state index contributed by atoms with van der Waals surface area (Å²) in [4.78, 5) is 4.85. The van der Waals surface area contributed by atoms with Crippen molar-refractivity contribution in [1.82, 2.24) is 9.80 Å². The Morgan fingerprint density at radius 1 is 1.12 bits per heavy atom. The molecule has 0 amide bonds. The number of hydrogen-bond acceptors (Lipinski definition) is 3. The lowest BCUT2D eigenvalue weighted by atomic mass is 9.90. The first-order valence-electron chi connectivity index (χ1n) is 7.23. The maximum atomic E-state index is 10.1. The van der Waals surface area contributed by atoms with Gasteiger partial charge in [0, 0.05) is 12.6 Å². The molecule has 0 bridgehead atoms. The Balaban J connectivity index is 1.77. The highest BCUT2D eigenvalue weighted by Gasteiger charge is 2.28. The molecule has 2 aliphatic rings. The molecule has 0 aromatic rings. The van der Waals surface area contributed by atoms with E-state index in [0.717, 1.165) is 12.3 Å². The first-order chi connectivity index (χ1) is 8.16. The molecule has 0 spiro atoms. The van der Waals surface area contributed by atoms with Crippen molar-refractivity contribution in [3.8, 4) is 0 Å². The number of nitrogens with zero attached hydrogens (tertiary/aromatic N) is 2. The van der Waals surface area contributed by atoms with E-state index < -0.39 is 0 Å². The number of likely N-dealkylation sites (N-methyl/N-ethyl adjacent to an activating group) is 1. The van der Waals surface area contributed by atoms with Gasteiger partial charge in [-0.05, 0) is 58.8 Å². The van der Waals surface area contributed by atoms with Crippen LogP contribution in [0.5, 0.6) is 0 Å². The van der Waals surface area contributed by atoms with Crippen molar-refractivity contribution in [1.29, 1.82) is 0 Å². The molecule has 2 rings (SSSR count). The fraction of sp³-hybridized carbons (Fsp3) is 1.00. The summed E-state index contributed by atoms with van der Waals surface area (Å²) in [6.07, 6.45) is 7.25. The van der Waals surface area contributed by atoms with Crippen LogP contribution in [0.25, 0.3) is 0 Å². The quantitative estimate of drug-likeness (QED) is 0.811. The highest BCUT2D eigenvalue weighted by molar-refractivity contribution is 4.83. The first kappa shape index (κ1) is 13.3. The van der Waals surface area contributed by atoms with Gasteiger partial charge in [-0.1, -0.05) is 12.8 Å². The van der Waals surface area contributed by atoms with Crippen molar-refractivity contribution in [2.24, 2.45) is 5.92 Å². The van der Waals surface area contributed by atoms with E-state index >= 15 is 0 Å². The molecule has 1 heterocycles. The maximum absolute atomic E-state index is 10.1. The van der Waals surface area contributed by atoms with Crippen molar-refractivity contribution >= 4 is 0 Å². The van der Waals surface area contributed by atoms with Gasteiger partial charge in [0.25, 0.3) is 0 Å². The number of aliphatic hydroxyl groups excluding tert-OH is 1. The zero-order chi connectivity index (χ0) is 12.3. The summed E-state index contributed by atoms with van der Waals surface area (Å²) >= 11 is 0. The molecule has 1 saturated carbocycles. The largest absolute Gasteiger partial charge is 0.391 e. The summed E-state index contributed by atoms with van der Waals surface area (Å²) < 4.78 is 0. The van der Waals surface area contributed by atoms with Gasteiger partial charge in [0.05, 0.1) is 6.10 Å². The second-order valence-electron chi connectivity index (χ2n) is 6.11. The van der Waals surface area contributed by atoms with Crippen LogP contribution in [0.2, 0.25) is 0 Å². The van der Waals surface area contributed by atoms with Crippen molar-refractivity contribution in [3.05, 3.63) is 0 Å². The third-order valence-corrected chi connectivity index (χ3v) is 4.64. The van der Waals surface area contributed by atoms with Gasteiger partial charge in [-0.2, -0.15) is 0 Å². The highest BCUT2D eigenvalue weighted by atomic mass is 16.3. The van der Waals surface area contributed by atoms with E-state index in [9.17, 15) is 5.11 Å². The molecule has 0 radical (unpaired) electrons. The fourth-order valence-electron chi connectivity index (χ4n) is 3.39. The lowest BCUT2D eigenvalue weighted by molar-refractivity contribution is 0.0210. The molecule has 17 heavy (non-hydrogen) atoms. The Hall–Kier alpha value is -0.120. The Morgan fingerprint density at radius 2 is 1.76 bits per heavy atom. The maximum Gasteiger partial charge on any atom is 0.0695 e. The van der Waals surface area contributed by atoms with Crippen LogP contribution in [0.15, 0.2) is 0 Å². The van der Waals surface area contributed by atoms with Gasteiger partial charge in [-0.15, -0.1) is 0 Å². The summed E-state index contributed by atoms with van der Waals surface area (Å²) in [6, 6.07) is 0.420. The van der Waals surface area contributed by atoms with E-state index in [4.69, 9.17) is 0 Å². The molecule has 0 unspecified atom stereocenters. The molecular weight excluding hydrogens is 212 g/mol. The summed E-state index contributed by atoms with van der Waals surface area (Å²) in [7, 11) is 4.42. The van der Waals surface area contributed by atoms with Crippen LogP contribution in [0.1, 0.15) is 38.5 Å². The van der Waals surface area contributed by atoms with Crippen LogP contribution in [-0.4, -0.2) is 60.8 Å². The summed E-state index contributed by atoms with van der Waals surface area (Å²) in [5, 5.41) is 10.1.